The van der Waals surface area contributed by atoms with Crippen molar-refractivity contribution in [2.24, 2.45) is 0 Å². The van der Waals surface area contributed by atoms with E-state index in [1.54, 1.807) is 30.0 Å². The van der Waals surface area contributed by atoms with E-state index in [1.165, 1.54) is 11.8 Å². The fraction of sp³-hybridized carbons (Fsp3) is 0.421. The van der Waals surface area contributed by atoms with Crippen LogP contribution in [0.1, 0.15) is 29.9 Å². The second-order valence-electron chi connectivity index (χ2n) is 6.73. The number of amides is 2. The molecular formula is C19H23N5O4. The van der Waals surface area contributed by atoms with Crippen LogP contribution in [0.5, 0.6) is 0 Å². The highest BCUT2D eigenvalue weighted by Crippen LogP contribution is 2.08. The first-order valence-corrected chi connectivity index (χ1v) is 9.19. The second kappa shape index (κ2) is 7.79. The van der Waals surface area contributed by atoms with Crippen LogP contribution in [0.3, 0.4) is 0 Å². The van der Waals surface area contributed by atoms with Gasteiger partial charge in [-0.2, -0.15) is 9.78 Å². The topological polar surface area (TPSA) is 97.5 Å². The minimum atomic E-state index is -0.699. The van der Waals surface area contributed by atoms with Crippen molar-refractivity contribution in [1.29, 1.82) is 0 Å². The van der Waals surface area contributed by atoms with Crippen molar-refractivity contribution in [1.82, 2.24) is 24.1 Å². The van der Waals surface area contributed by atoms with Gasteiger partial charge in [0.15, 0.2) is 0 Å². The SMILES string of the molecule is CCn1c(=O)c(C(=O)N2CCN(C(C)=O)CC2)nn(-c2cccc(C)c2)c1=O. The number of piperazine rings is 1. The first-order valence-electron chi connectivity index (χ1n) is 9.19. The highest BCUT2D eigenvalue weighted by atomic mass is 16.2. The van der Waals surface area contributed by atoms with Crippen LogP contribution in [0.2, 0.25) is 0 Å². The summed E-state index contributed by atoms with van der Waals surface area (Å²) in [5.74, 6) is -0.580. The number of nitrogens with zero attached hydrogens (tertiary/aromatic N) is 5. The van der Waals surface area contributed by atoms with Crippen molar-refractivity contribution in [3.63, 3.8) is 0 Å². The molecule has 0 N–H and O–H groups in total. The van der Waals surface area contributed by atoms with Gasteiger partial charge in [0.2, 0.25) is 11.6 Å². The summed E-state index contributed by atoms with van der Waals surface area (Å²) in [6.07, 6.45) is 0. The highest BCUT2D eigenvalue weighted by Gasteiger charge is 2.28. The first kappa shape index (κ1) is 19.5. The summed E-state index contributed by atoms with van der Waals surface area (Å²) in [4.78, 5) is 53.0. The fourth-order valence-corrected chi connectivity index (χ4v) is 3.23. The molecule has 1 aromatic heterocycles. The van der Waals surface area contributed by atoms with Crippen molar-refractivity contribution < 1.29 is 9.59 Å². The minimum absolute atomic E-state index is 0.0495. The molecule has 0 spiro atoms. The molecule has 148 valence electrons. The van der Waals surface area contributed by atoms with E-state index >= 15 is 0 Å². The predicted octanol–water partition coefficient (Wildman–Crippen LogP) is 0.0268. The molecule has 2 amide bonds. The third-order valence-electron chi connectivity index (χ3n) is 4.84. The van der Waals surface area contributed by atoms with Gasteiger partial charge in [-0.3, -0.25) is 19.0 Å². The molecule has 0 saturated carbocycles. The molecule has 1 aliphatic rings. The van der Waals surface area contributed by atoms with E-state index in [1.807, 2.05) is 13.0 Å². The van der Waals surface area contributed by atoms with Crippen LogP contribution < -0.4 is 11.2 Å². The van der Waals surface area contributed by atoms with Gasteiger partial charge in [0.25, 0.3) is 11.5 Å². The summed E-state index contributed by atoms with van der Waals surface area (Å²) < 4.78 is 2.10. The van der Waals surface area contributed by atoms with E-state index in [0.29, 0.717) is 31.9 Å². The number of carbonyl (C=O) groups is 2. The van der Waals surface area contributed by atoms with Crippen LogP contribution in [0.4, 0.5) is 0 Å². The Kier molecular flexibility index (Phi) is 5.43. The Labute approximate surface area is 161 Å². The smallest absolute Gasteiger partial charge is 0.339 e. The molecule has 1 aliphatic heterocycles. The van der Waals surface area contributed by atoms with Gasteiger partial charge in [-0.25, -0.2) is 4.79 Å². The average molecular weight is 385 g/mol. The zero-order valence-corrected chi connectivity index (χ0v) is 16.2. The van der Waals surface area contributed by atoms with Crippen LogP contribution in [0.25, 0.3) is 5.69 Å². The van der Waals surface area contributed by atoms with Crippen LogP contribution in [0, 0.1) is 6.92 Å². The number of rotatable bonds is 3. The Morgan fingerprint density at radius 1 is 1.07 bits per heavy atom. The Hall–Kier alpha value is -3.23. The lowest BCUT2D eigenvalue weighted by Crippen LogP contribution is -2.52. The number of aryl methyl sites for hydroxylation is 1. The molecular weight excluding hydrogens is 362 g/mol. The average Bonchev–Trinajstić information content (AvgIpc) is 2.68. The Balaban J connectivity index is 2.03. The third kappa shape index (κ3) is 3.60. The van der Waals surface area contributed by atoms with E-state index in [-0.39, 0.29) is 18.1 Å². The molecule has 1 fully saturated rings. The van der Waals surface area contributed by atoms with Crippen molar-refractivity contribution in [3.8, 4) is 5.69 Å². The van der Waals surface area contributed by atoms with Gasteiger partial charge < -0.3 is 9.80 Å². The van der Waals surface area contributed by atoms with E-state index in [2.05, 4.69) is 5.10 Å². The maximum Gasteiger partial charge on any atom is 0.352 e. The van der Waals surface area contributed by atoms with Crippen molar-refractivity contribution in [2.45, 2.75) is 27.3 Å². The van der Waals surface area contributed by atoms with Crippen molar-refractivity contribution >= 4 is 11.8 Å². The van der Waals surface area contributed by atoms with Crippen LogP contribution in [-0.4, -0.2) is 62.1 Å². The van der Waals surface area contributed by atoms with Crippen LogP contribution in [-0.2, 0) is 11.3 Å². The van der Waals surface area contributed by atoms with Gasteiger partial charge in [-0.1, -0.05) is 12.1 Å². The predicted molar refractivity (Wildman–Crippen MR) is 103 cm³/mol. The Morgan fingerprint density at radius 3 is 2.29 bits per heavy atom. The number of hydrogen-bond donors (Lipinski definition) is 0. The van der Waals surface area contributed by atoms with E-state index in [9.17, 15) is 19.2 Å². The molecule has 2 heterocycles. The van der Waals surface area contributed by atoms with E-state index < -0.39 is 17.2 Å². The summed E-state index contributed by atoms with van der Waals surface area (Å²) in [6, 6.07) is 7.12. The zero-order valence-electron chi connectivity index (χ0n) is 16.2. The van der Waals surface area contributed by atoms with E-state index in [0.717, 1.165) is 14.8 Å². The maximum absolute atomic E-state index is 13.0. The lowest BCUT2D eigenvalue weighted by Gasteiger charge is -2.33. The largest absolute Gasteiger partial charge is 0.352 e. The summed E-state index contributed by atoms with van der Waals surface area (Å²) >= 11 is 0. The molecule has 0 bridgehead atoms. The summed E-state index contributed by atoms with van der Waals surface area (Å²) in [5, 5.41) is 4.12. The normalized spacial score (nSPS) is 14.2. The lowest BCUT2D eigenvalue weighted by molar-refractivity contribution is -0.130. The summed E-state index contributed by atoms with van der Waals surface area (Å²) in [5.41, 5.74) is -0.165. The molecule has 1 saturated heterocycles. The molecule has 2 aromatic rings. The van der Waals surface area contributed by atoms with Crippen molar-refractivity contribution in [2.75, 3.05) is 26.2 Å². The highest BCUT2D eigenvalue weighted by molar-refractivity contribution is 5.92. The molecule has 1 aromatic carbocycles. The molecule has 3 rings (SSSR count). The minimum Gasteiger partial charge on any atom is -0.339 e. The fourth-order valence-electron chi connectivity index (χ4n) is 3.23. The number of aromatic nitrogens is 3. The molecule has 9 heteroatoms. The number of benzene rings is 1. The quantitative estimate of drug-likeness (QED) is 0.742. The number of carbonyl (C=O) groups excluding carboxylic acids is 2. The van der Waals surface area contributed by atoms with Crippen molar-refractivity contribution in [3.05, 3.63) is 56.4 Å². The molecule has 0 atom stereocenters. The molecule has 0 aliphatic carbocycles. The van der Waals surface area contributed by atoms with Gasteiger partial charge >= 0.3 is 5.69 Å². The van der Waals surface area contributed by atoms with Gasteiger partial charge in [-0.15, -0.1) is 0 Å². The Bertz CT molecular complexity index is 1030. The zero-order chi connectivity index (χ0) is 20.4. The molecule has 9 nitrogen and oxygen atoms in total. The second-order valence-corrected chi connectivity index (χ2v) is 6.73. The standard InChI is InChI=1S/C19H23N5O4/c1-4-23-18(27)16(17(26)22-10-8-21(9-11-22)14(3)25)20-24(19(23)28)15-7-5-6-13(2)12-15/h5-7,12H,4,8-11H2,1-3H3. The first-order chi connectivity index (χ1) is 13.3. The maximum atomic E-state index is 13.0. The molecule has 0 unspecified atom stereocenters. The number of hydrogen-bond acceptors (Lipinski definition) is 5. The van der Waals surface area contributed by atoms with Crippen LogP contribution >= 0.6 is 0 Å². The van der Waals surface area contributed by atoms with Gasteiger partial charge in [0.05, 0.1) is 5.69 Å². The summed E-state index contributed by atoms with van der Waals surface area (Å²) in [7, 11) is 0. The monoisotopic (exact) mass is 385 g/mol. The molecule has 0 radical (unpaired) electrons. The summed E-state index contributed by atoms with van der Waals surface area (Å²) in [6.45, 7) is 6.60. The van der Waals surface area contributed by atoms with E-state index in [4.69, 9.17) is 0 Å². The lowest BCUT2D eigenvalue weighted by atomic mass is 10.2. The van der Waals surface area contributed by atoms with Gasteiger partial charge in [0, 0.05) is 39.6 Å². The Morgan fingerprint density at radius 2 is 1.71 bits per heavy atom. The van der Waals surface area contributed by atoms with Gasteiger partial charge in [-0.05, 0) is 31.5 Å². The molecule has 28 heavy (non-hydrogen) atoms. The van der Waals surface area contributed by atoms with Crippen LogP contribution in [0.15, 0.2) is 33.9 Å². The van der Waals surface area contributed by atoms with Gasteiger partial charge in [0.1, 0.15) is 0 Å². The third-order valence-corrected chi connectivity index (χ3v) is 4.84.